The third-order valence-corrected chi connectivity index (χ3v) is 2.16. The first-order chi connectivity index (χ1) is 7.22. The van der Waals surface area contributed by atoms with E-state index in [0.717, 1.165) is 11.1 Å². The lowest BCUT2D eigenvalue weighted by Crippen LogP contribution is -1.86. The van der Waals surface area contributed by atoms with Crippen molar-refractivity contribution in [3.05, 3.63) is 35.4 Å². The minimum absolute atomic E-state index is 0.0630. The first-order valence-corrected chi connectivity index (χ1v) is 4.44. The summed E-state index contributed by atoms with van der Waals surface area (Å²) in [7, 11) is 0. The van der Waals surface area contributed by atoms with Crippen molar-refractivity contribution in [1.29, 1.82) is 5.26 Å². The summed E-state index contributed by atoms with van der Waals surface area (Å²) >= 11 is 0. The second-order valence-electron chi connectivity index (χ2n) is 3.25. The Balaban J connectivity index is 2.55. The number of nitrogens with zero attached hydrogens (tertiary/aromatic N) is 2. The molecule has 4 heteroatoms. The van der Waals surface area contributed by atoms with E-state index in [1.807, 2.05) is 37.3 Å². The van der Waals surface area contributed by atoms with Crippen molar-refractivity contribution in [1.82, 2.24) is 5.16 Å². The van der Waals surface area contributed by atoms with Crippen LogP contribution < -0.4 is 5.73 Å². The van der Waals surface area contributed by atoms with Gasteiger partial charge in [0.25, 0.3) is 0 Å². The molecule has 0 aliphatic rings. The van der Waals surface area contributed by atoms with E-state index in [0.29, 0.717) is 11.3 Å². The Hall–Kier alpha value is -2.28. The van der Waals surface area contributed by atoms with Crippen LogP contribution in [0.1, 0.15) is 11.1 Å². The van der Waals surface area contributed by atoms with E-state index in [1.54, 1.807) is 0 Å². The Morgan fingerprint density at radius 3 is 2.60 bits per heavy atom. The molecule has 0 atom stereocenters. The number of nitrogens with two attached hydrogens (primary N) is 1. The minimum atomic E-state index is 0.0630. The number of hydrogen-bond donors (Lipinski definition) is 1. The van der Waals surface area contributed by atoms with Crippen LogP contribution in [0, 0.1) is 18.3 Å². The average Bonchev–Trinajstić information content (AvgIpc) is 2.61. The van der Waals surface area contributed by atoms with Gasteiger partial charge >= 0.3 is 0 Å². The number of nitrogen functional groups attached to an aromatic ring is 1. The zero-order valence-electron chi connectivity index (χ0n) is 8.19. The summed E-state index contributed by atoms with van der Waals surface area (Å²) in [6.07, 6.45) is 0. The molecule has 0 saturated heterocycles. The molecule has 4 nitrogen and oxygen atoms in total. The molecule has 0 saturated carbocycles. The van der Waals surface area contributed by atoms with Gasteiger partial charge in [-0.3, -0.25) is 0 Å². The van der Waals surface area contributed by atoms with Crippen molar-refractivity contribution in [2.75, 3.05) is 5.73 Å². The molecule has 0 fully saturated rings. The minimum Gasteiger partial charge on any atom is -0.366 e. The number of aromatic nitrogens is 1. The van der Waals surface area contributed by atoms with Crippen molar-refractivity contribution >= 4 is 5.88 Å². The first-order valence-electron chi connectivity index (χ1n) is 4.44. The molecule has 1 heterocycles. The standard InChI is InChI=1S/C11H9N3O/c1-7-2-4-8(5-3-7)10-9(6-12)11(13)15-14-10/h2-5H,13H2,1H3. The second kappa shape index (κ2) is 3.46. The maximum Gasteiger partial charge on any atom is 0.240 e. The lowest BCUT2D eigenvalue weighted by molar-refractivity contribution is 0.439. The van der Waals surface area contributed by atoms with Crippen molar-refractivity contribution < 1.29 is 4.52 Å². The predicted octanol–water partition coefficient (Wildman–Crippen LogP) is 2.10. The SMILES string of the molecule is Cc1ccc(-c2noc(N)c2C#N)cc1. The molecule has 0 aliphatic heterocycles. The van der Waals surface area contributed by atoms with E-state index >= 15 is 0 Å². The molecular weight excluding hydrogens is 190 g/mol. The summed E-state index contributed by atoms with van der Waals surface area (Å²) in [5, 5.41) is 12.6. The molecule has 1 aromatic heterocycles. The van der Waals surface area contributed by atoms with Crippen LogP contribution in [0.5, 0.6) is 0 Å². The summed E-state index contributed by atoms with van der Waals surface area (Å²) in [5.41, 5.74) is 8.23. The molecule has 0 amide bonds. The van der Waals surface area contributed by atoms with E-state index in [-0.39, 0.29) is 5.88 Å². The van der Waals surface area contributed by atoms with Crippen LogP contribution in [0.25, 0.3) is 11.3 Å². The molecule has 0 radical (unpaired) electrons. The largest absolute Gasteiger partial charge is 0.366 e. The lowest BCUT2D eigenvalue weighted by Gasteiger charge is -1.96. The second-order valence-corrected chi connectivity index (χ2v) is 3.25. The molecule has 2 rings (SSSR count). The highest BCUT2D eigenvalue weighted by molar-refractivity contribution is 5.71. The number of rotatable bonds is 1. The quantitative estimate of drug-likeness (QED) is 0.763. The molecule has 15 heavy (non-hydrogen) atoms. The molecule has 0 unspecified atom stereocenters. The van der Waals surface area contributed by atoms with Crippen LogP contribution in [0.2, 0.25) is 0 Å². The molecule has 1 aromatic carbocycles. The topological polar surface area (TPSA) is 75.8 Å². The van der Waals surface area contributed by atoms with E-state index in [1.165, 1.54) is 0 Å². The summed E-state index contributed by atoms with van der Waals surface area (Å²) in [5.74, 6) is 0.0630. The van der Waals surface area contributed by atoms with Crippen LogP contribution in [0.3, 0.4) is 0 Å². The molecule has 0 spiro atoms. The molecule has 0 bridgehead atoms. The van der Waals surface area contributed by atoms with E-state index < -0.39 is 0 Å². The number of benzene rings is 1. The number of aryl methyl sites for hydroxylation is 1. The van der Waals surface area contributed by atoms with E-state index in [2.05, 4.69) is 5.16 Å². The number of anilines is 1. The predicted molar refractivity (Wildman–Crippen MR) is 55.8 cm³/mol. The maximum absolute atomic E-state index is 8.87. The molecular formula is C11H9N3O. The number of nitriles is 1. The van der Waals surface area contributed by atoms with Crippen molar-refractivity contribution in [3.63, 3.8) is 0 Å². The van der Waals surface area contributed by atoms with Gasteiger partial charge in [0.1, 0.15) is 17.3 Å². The van der Waals surface area contributed by atoms with Gasteiger partial charge in [0.05, 0.1) is 0 Å². The van der Waals surface area contributed by atoms with Crippen LogP contribution >= 0.6 is 0 Å². The smallest absolute Gasteiger partial charge is 0.240 e. The van der Waals surface area contributed by atoms with Gasteiger partial charge in [-0.15, -0.1) is 0 Å². The normalized spacial score (nSPS) is 9.87. The molecule has 2 aromatic rings. The maximum atomic E-state index is 8.87. The van der Waals surface area contributed by atoms with Crippen LogP contribution in [-0.4, -0.2) is 5.16 Å². The van der Waals surface area contributed by atoms with Gasteiger partial charge < -0.3 is 10.3 Å². The monoisotopic (exact) mass is 199 g/mol. The third-order valence-electron chi connectivity index (χ3n) is 2.16. The van der Waals surface area contributed by atoms with Gasteiger partial charge in [-0.25, -0.2) is 0 Å². The van der Waals surface area contributed by atoms with E-state index in [9.17, 15) is 0 Å². The van der Waals surface area contributed by atoms with Gasteiger partial charge in [0, 0.05) is 5.56 Å². The Morgan fingerprint density at radius 1 is 1.33 bits per heavy atom. The first kappa shape index (κ1) is 9.28. The highest BCUT2D eigenvalue weighted by atomic mass is 16.5. The molecule has 0 aliphatic carbocycles. The van der Waals surface area contributed by atoms with Gasteiger partial charge in [0.15, 0.2) is 0 Å². The van der Waals surface area contributed by atoms with Gasteiger partial charge in [0.2, 0.25) is 5.88 Å². The fourth-order valence-electron chi connectivity index (χ4n) is 1.32. The summed E-state index contributed by atoms with van der Waals surface area (Å²) in [6, 6.07) is 9.63. The van der Waals surface area contributed by atoms with Crippen LogP contribution in [-0.2, 0) is 0 Å². The highest BCUT2D eigenvalue weighted by Crippen LogP contribution is 2.26. The van der Waals surface area contributed by atoms with Crippen LogP contribution in [0.15, 0.2) is 28.8 Å². The van der Waals surface area contributed by atoms with Gasteiger partial charge in [-0.05, 0) is 6.92 Å². The Labute approximate surface area is 86.9 Å². The van der Waals surface area contributed by atoms with Crippen molar-refractivity contribution in [2.24, 2.45) is 0 Å². The van der Waals surface area contributed by atoms with E-state index in [4.69, 9.17) is 15.5 Å². The van der Waals surface area contributed by atoms with Crippen molar-refractivity contribution in [3.8, 4) is 17.3 Å². The summed E-state index contributed by atoms with van der Waals surface area (Å²) < 4.78 is 4.78. The van der Waals surface area contributed by atoms with Gasteiger partial charge in [-0.1, -0.05) is 35.0 Å². The highest BCUT2D eigenvalue weighted by Gasteiger charge is 2.14. The fraction of sp³-hybridized carbons (Fsp3) is 0.0909. The average molecular weight is 199 g/mol. The molecule has 74 valence electrons. The fourth-order valence-corrected chi connectivity index (χ4v) is 1.32. The number of hydrogen-bond acceptors (Lipinski definition) is 4. The Morgan fingerprint density at radius 2 is 2.00 bits per heavy atom. The van der Waals surface area contributed by atoms with Crippen LogP contribution in [0.4, 0.5) is 5.88 Å². The third kappa shape index (κ3) is 1.55. The summed E-state index contributed by atoms with van der Waals surface area (Å²) in [6.45, 7) is 1.99. The Bertz CT molecular complexity index is 520. The molecule has 2 N–H and O–H groups in total. The zero-order valence-corrected chi connectivity index (χ0v) is 8.19. The van der Waals surface area contributed by atoms with Gasteiger partial charge in [-0.2, -0.15) is 5.26 Å². The van der Waals surface area contributed by atoms with Crippen molar-refractivity contribution in [2.45, 2.75) is 6.92 Å². The lowest BCUT2D eigenvalue weighted by atomic mass is 10.1. The summed E-state index contributed by atoms with van der Waals surface area (Å²) in [4.78, 5) is 0. The Kier molecular flexibility index (Phi) is 2.14. The zero-order chi connectivity index (χ0) is 10.8.